The second-order valence-electron chi connectivity index (χ2n) is 8.29. The van der Waals surface area contributed by atoms with Crippen molar-refractivity contribution in [3.8, 4) is 0 Å². The molecule has 28 heavy (non-hydrogen) atoms. The highest BCUT2D eigenvalue weighted by atomic mass is 19.1. The molecule has 3 fully saturated rings. The highest BCUT2D eigenvalue weighted by Crippen LogP contribution is 2.55. The van der Waals surface area contributed by atoms with Gasteiger partial charge in [0.15, 0.2) is 0 Å². The minimum Gasteiger partial charge on any atom is -0.345 e. The maximum Gasteiger partial charge on any atom is 0.233 e. The highest BCUT2D eigenvalue weighted by Gasteiger charge is 2.56. The number of carbonyl (C=O) groups is 1. The van der Waals surface area contributed by atoms with Gasteiger partial charge in [0.2, 0.25) is 5.91 Å². The van der Waals surface area contributed by atoms with Crippen LogP contribution in [0.5, 0.6) is 0 Å². The van der Waals surface area contributed by atoms with Crippen molar-refractivity contribution in [2.75, 3.05) is 4.90 Å². The van der Waals surface area contributed by atoms with Gasteiger partial charge in [-0.15, -0.1) is 0 Å². The number of nitrogens with one attached hydrogen (secondary N) is 1. The van der Waals surface area contributed by atoms with Gasteiger partial charge in [-0.2, -0.15) is 0 Å². The van der Waals surface area contributed by atoms with Gasteiger partial charge in [-0.1, -0.05) is 0 Å². The van der Waals surface area contributed by atoms with Crippen LogP contribution >= 0.6 is 0 Å². The van der Waals surface area contributed by atoms with Crippen LogP contribution in [-0.4, -0.2) is 15.9 Å². The molecule has 0 radical (unpaired) electrons. The van der Waals surface area contributed by atoms with Crippen LogP contribution in [-0.2, 0) is 4.79 Å². The molecule has 2 heterocycles. The zero-order valence-corrected chi connectivity index (χ0v) is 15.2. The number of imidazole rings is 1. The molecule has 0 bridgehead atoms. The average Bonchev–Trinajstić information content (AvgIpc) is 3.59. The molecule has 1 N–H and O–H groups in total. The fourth-order valence-corrected chi connectivity index (χ4v) is 4.63. The molecule has 2 aliphatic carbocycles. The first-order valence-corrected chi connectivity index (χ1v) is 9.87. The average molecular weight is 379 g/mol. The fraction of sp³-hybridized carbons (Fsp3) is 0.364. The van der Waals surface area contributed by atoms with Crippen LogP contribution in [0.3, 0.4) is 0 Å². The molecule has 2 aromatic carbocycles. The molecule has 4 nitrogen and oxygen atoms in total. The first-order chi connectivity index (χ1) is 13.6. The lowest BCUT2D eigenvalue weighted by atomic mass is 9.78. The van der Waals surface area contributed by atoms with Crippen molar-refractivity contribution in [3.63, 3.8) is 0 Å². The van der Waals surface area contributed by atoms with Crippen LogP contribution in [0.1, 0.15) is 48.8 Å². The SMILES string of the molecule is O=C1[C@H](C2CC2)[C@H](c2c(F)cc(C3CC3)cc2F)N1c1ccc2[nH]cnc2c1. The van der Waals surface area contributed by atoms with Gasteiger partial charge >= 0.3 is 0 Å². The lowest BCUT2D eigenvalue weighted by molar-refractivity contribution is -0.131. The van der Waals surface area contributed by atoms with Crippen LogP contribution in [0.2, 0.25) is 0 Å². The Morgan fingerprint density at radius 3 is 2.46 bits per heavy atom. The number of rotatable bonds is 4. The maximum atomic E-state index is 15.1. The minimum absolute atomic E-state index is 0.0306. The number of halogens is 2. The summed E-state index contributed by atoms with van der Waals surface area (Å²) in [6.45, 7) is 0. The Hall–Kier alpha value is -2.76. The van der Waals surface area contributed by atoms with Crippen molar-refractivity contribution in [2.45, 2.75) is 37.6 Å². The summed E-state index contributed by atoms with van der Waals surface area (Å²) in [5, 5.41) is 0. The number of aromatic nitrogens is 2. The molecule has 6 rings (SSSR count). The number of β-lactam (4-membered cyclic amide) rings is 1. The van der Waals surface area contributed by atoms with Gasteiger partial charge in [-0.3, -0.25) is 4.79 Å². The molecule has 3 aliphatic rings. The normalized spacial score (nSPS) is 24.6. The summed E-state index contributed by atoms with van der Waals surface area (Å²) >= 11 is 0. The largest absolute Gasteiger partial charge is 0.345 e. The van der Waals surface area contributed by atoms with Crippen molar-refractivity contribution in [1.82, 2.24) is 9.97 Å². The number of anilines is 1. The second kappa shape index (κ2) is 5.63. The number of benzene rings is 2. The first-order valence-electron chi connectivity index (χ1n) is 9.87. The Kier molecular flexibility index (Phi) is 3.26. The Bertz CT molecular complexity index is 1090. The standard InChI is InChI=1S/C22H19F2N3O/c23-15-7-13(11-1-2-11)8-16(24)20(15)21-19(12-3-4-12)22(28)27(21)14-5-6-17-18(9-14)26-10-25-17/h5-12,19,21H,1-4H2,(H,25,26)/t19-,21-/m1/s1. The molecule has 6 heteroatoms. The van der Waals surface area contributed by atoms with E-state index in [1.165, 1.54) is 12.1 Å². The van der Waals surface area contributed by atoms with E-state index < -0.39 is 17.7 Å². The highest BCUT2D eigenvalue weighted by molar-refractivity contribution is 6.04. The van der Waals surface area contributed by atoms with Gasteiger partial charge in [0.05, 0.1) is 29.3 Å². The van der Waals surface area contributed by atoms with E-state index in [1.807, 2.05) is 12.1 Å². The molecule has 2 saturated carbocycles. The first kappa shape index (κ1) is 16.2. The van der Waals surface area contributed by atoms with Crippen molar-refractivity contribution in [1.29, 1.82) is 0 Å². The van der Waals surface area contributed by atoms with Crippen molar-refractivity contribution in [2.24, 2.45) is 11.8 Å². The van der Waals surface area contributed by atoms with E-state index in [1.54, 1.807) is 17.3 Å². The van der Waals surface area contributed by atoms with E-state index in [0.717, 1.165) is 42.3 Å². The molecular weight excluding hydrogens is 360 g/mol. The Morgan fingerprint density at radius 1 is 1.04 bits per heavy atom. The summed E-state index contributed by atoms with van der Waals surface area (Å²) in [5.41, 5.74) is 2.98. The van der Waals surface area contributed by atoms with Crippen molar-refractivity contribution < 1.29 is 13.6 Å². The Balaban J connectivity index is 1.45. The summed E-state index contributed by atoms with van der Waals surface area (Å²) in [6, 6.07) is 7.80. The predicted octanol–water partition coefficient (Wildman–Crippen LogP) is 4.83. The Labute approximate surface area is 160 Å². The maximum absolute atomic E-state index is 15.1. The smallest absolute Gasteiger partial charge is 0.233 e. The third-order valence-corrected chi connectivity index (χ3v) is 6.40. The molecule has 1 amide bonds. The number of fused-ring (bicyclic) bond motifs is 1. The van der Waals surface area contributed by atoms with Crippen molar-refractivity contribution >= 4 is 22.6 Å². The number of hydrogen-bond donors (Lipinski definition) is 1. The summed E-state index contributed by atoms with van der Waals surface area (Å²) in [7, 11) is 0. The number of H-pyrrole nitrogens is 1. The zero-order valence-electron chi connectivity index (χ0n) is 15.2. The number of carbonyl (C=O) groups excluding carboxylic acids is 1. The van der Waals surface area contributed by atoms with E-state index in [0.29, 0.717) is 5.69 Å². The lowest BCUT2D eigenvalue weighted by Gasteiger charge is -2.48. The summed E-state index contributed by atoms with van der Waals surface area (Å²) in [4.78, 5) is 21.8. The van der Waals surface area contributed by atoms with Crippen LogP contribution in [0.4, 0.5) is 14.5 Å². The lowest BCUT2D eigenvalue weighted by Crippen LogP contribution is -2.56. The molecule has 3 aromatic rings. The molecule has 1 saturated heterocycles. The van der Waals surface area contributed by atoms with Gasteiger partial charge in [0.25, 0.3) is 0 Å². The minimum atomic E-state index is -0.593. The van der Waals surface area contributed by atoms with Gasteiger partial charge in [0.1, 0.15) is 11.6 Å². The van der Waals surface area contributed by atoms with Gasteiger partial charge in [0, 0.05) is 11.3 Å². The van der Waals surface area contributed by atoms with E-state index in [9.17, 15) is 4.79 Å². The molecule has 1 aliphatic heterocycles. The van der Waals surface area contributed by atoms with Gasteiger partial charge in [-0.25, -0.2) is 13.8 Å². The van der Waals surface area contributed by atoms with Crippen molar-refractivity contribution in [3.05, 3.63) is 59.4 Å². The topological polar surface area (TPSA) is 49.0 Å². The van der Waals surface area contributed by atoms with Crippen LogP contribution in [0.15, 0.2) is 36.7 Å². The van der Waals surface area contributed by atoms with E-state index in [4.69, 9.17) is 0 Å². The third kappa shape index (κ3) is 2.33. The number of hydrogen-bond acceptors (Lipinski definition) is 2. The summed E-state index contributed by atoms with van der Waals surface area (Å²) < 4.78 is 30.1. The molecule has 0 unspecified atom stereocenters. The molecule has 2 atom stereocenters. The van der Waals surface area contributed by atoms with Gasteiger partial charge < -0.3 is 9.88 Å². The molecule has 1 aromatic heterocycles. The van der Waals surface area contributed by atoms with E-state index in [-0.39, 0.29) is 29.2 Å². The van der Waals surface area contributed by atoms with Crippen LogP contribution < -0.4 is 4.90 Å². The number of aromatic amines is 1. The quantitative estimate of drug-likeness (QED) is 0.660. The van der Waals surface area contributed by atoms with Crippen LogP contribution in [0.25, 0.3) is 11.0 Å². The third-order valence-electron chi connectivity index (χ3n) is 6.40. The monoisotopic (exact) mass is 379 g/mol. The molecule has 0 spiro atoms. The van der Waals surface area contributed by atoms with Gasteiger partial charge in [-0.05, 0) is 73.4 Å². The number of amides is 1. The van der Waals surface area contributed by atoms with Crippen LogP contribution in [0, 0.1) is 23.5 Å². The predicted molar refractivity (Wildman–Crippen MR) is 101 cm³/mol. The van der Waals surface area contributed by atoms with E-state index in [2.05, 4.69) is 9.97 Å². The summed E-state index contributed by atoms with van der Waals surface area (Å²) in [6.07, 6.45) is 5.46. The molecule has 142 valence electrons. The second-order valence-corrected chi connectivity index (χ2v) is 8.29. The number of nitrogens with zero attached hydrogens (tertiary/aromatic N) is 2. The van der Waals surface area contributed by atoms with E-state index >= 15 is 8.78 Å². The molecular formula is C22H19F2N3O. The summed E-state index contributed by atoms with van der Waals surface area (Å²) in [5.74, 6) is -0.951. The zero-order chi connectivity index (χ0) is 19.0. The Morgan fingerprint density at radius 2 is 1.79 bits per heavy atom. The fourth-order valence-electron chi connectivity index (χ4n) is 4.63.